The van der Waals surface area contributed by atoms with Gasteiger partial charge in [0, 0.05) is 17.3 Å². The Bertz CT molecular complexity index is 463. The van der Waals surface area contributed by atoms with E-state index in [-0.39, 0.29) is 0 Å². The van der Waals surface area contributed by atoms with Gasteiger partial charge in [-0.15, -0.1) is 0 Å². The predicted octanol–water partition coefficient (Wildman–Crippen LogP) is 3.36. The first-order chi connectivity index (χ1) is 7.31. The molecule has 0 radical (unpaired) electrons. The number of rotatable bonds is 1. The third-order valence-corrected chi connectivity index (χ3v) is 2.57. The zero-order valence-corrected chi connectivity index (χ0v) is 8.83. The molecule has 0 aliphatic heterocycles. The molecular weight excluding hydrogens is 208 g/mol. The van der Waals surface area contributed by atoms with Crippen LogP contribution in [0.2, 0.25) is 5.15 Å². The lowest BCUT2D eigenvalue weighted by molar-refractivity contribution is 0.998. The molecule has 2 nitrogen and oxygen atoms in total. The zero-order chi connectivity index (χ0) is 10.7. The summed E-state index contributed by atoms with van der Waals surface area (Å²) in [5.41, 5.74) is 2.74. The van der Waals surface area contributed by atoms with E-state index in [1.54, 1.807) is 12.3 Å². The highest BCUT2D eigenvalue weighted by Crippen LogP contribution is 2.26. The molecule has 0 fully saturated rings. The number of nitriles is 1. The molecule has 0 saturated heterocycles. The monoisotopic (exact) mass is 216 g/mol. The van der Waals surface area contributed by atoms with Crippen molar-refractivity contribution in [1.82, 2.24) is 4.98 Å². The van der Waals surface area contributed by atoms with Gasteiger partial charge in [0.2, 0.25) is 0 Å². The highest BCUT2D eigenvalue weighted by Gasteiger charge is 2.09. The van der Waals surface area contributed by atoms with Crippen LogP contribution in [0.25, 0.3) is 5.57 Å². The zero-order valence-electron chi connectivity index (χ0n) is 8.07. The van der Waals surface area contributed by atoms with Crippen LogP contribution >= 0.6 is 11.6 Å². The van der Waals surface area contributed by atoms with Gasteiger partial charge in [0.1, 0.15) is 5.15 Å². The fourth-order valence-corrected chi connectivity index (χ4v) is 1.70. The minimum atomic E-state index is 0.470. The van der Waals surface area contributed by atoms with Crippen LogP contribution in [0.3, 0.4) is 0 Å². The van der Waals surface area contributed by atoms with Gasteiger partial charge in [-0.25, -0.2) is 4.98 Å². The lowest BCUT2D eigenvalue weighted by Gasteiger charge is -2.10. The van der Waals surface area contributed by atoms with E-state index in [2.05, 4.69) is 17.1 Å². The number of halogens is 1. The van der Waals surface area contributed by atoms with Crippen molar-refractivity contribution in [1.29, 1.82) is 5.26 Å². The Kier molecular flexibility index (Phi) is 2.84. The average Bonchev–Trinajstić information content (AvgIpc) is 2.30. The lowest BCUT2D eigenvalue weighted by atomic mass is 9.94. The highest BCUT2D eigenvalue weighted by molar-refractivity contribution is 6.29. The number of aromatic nitrogens is 1. The van der Waals surface area contributed by atoms with Crippen molar-refractivity contribution in [2.75, 3.05) is 0 Å². The van der Waals surface area contributed by atoms with E-state index in [4.69, 9.17) is 16.9 Å². The van der Waals surface area contributed by atoms with Gasteiger partial charge in [0.05, 0.1) is 6.07 Å². The fourth-order valence-electron chi connectivity index (χ4n) is 1.59. The van der Waals surface area contributed by atoms with Crippen LogP contribution in [-0.4, -0.2) is 4.98 Å². The van der Waals surface area contributed by atoms with E-state index in [0.29, 0.717) is 5.15 Å². The Balaban J connectivity index is 2.46. The molecule has 1 aliphatic carbocycles. The smallest absolute Gasteiger partial charge is 0.129 e. The summed E-state index contributed by atoms with van der Waals surface area (Å²) in [5, 5.41) is 9.46. The molecule has 74 valence electrons. The first kappa shape index (κ1) is 9.95. The van der Waals surface area contributed by atoms with Gasteiger partial charge in [0.25, 0.3) is 0 Å². The SMILES string of the molecule is N#CC1=C(c2ccc(Cl)nc2)C=CCC1. The molecule has 0 aromatic carbocycles. The van der Waals surface area contributed by atoms with Crippen LogP contribution in [0.1, 0.15) is 18.4 Å². The maximum Gasteiger partial charge on any atom is 0.129 e. The minimum absolute atomic E-state index is 0.470. The predicted molar refractivity (Wildman–Crippen MR) is 60.2 cm³/mol. The second-order valence-electron chi connectivity index (χ2n) is 3.31. The number of hydrogen-bond acceptors (Lipinski definition) is 2. The van der Waals surface area contributed by atoms with Gasteiger partial charge in [-0.1, -0.05) is 23.8 Å². The van der Waals surface area contributed by atoms with Crippen LogP contribution < -0.4 is 0 Å². The average molecular weight is 217 g/mol. The summed E-state index contributed by atoms with van der Waals surface area (Å²) in [5.74, 6) is 0. The third kappa shape index (κ3) is 2.08. The molecule has 1 aromatic rings. The summed E-state index contributed by atoms with van der Waals surface area (Å²) in [6, 6.07) is 5.86. The minimum Gasteiger partial charge on any atom is -0.244 e. The van der Waals surface area contributed by atoms with Gasteiger partial charge < -0.3 is 0 Å². The first-order valence-corrected chi connectivity index (χ1v) is 5.11. The summed E-state index contributed by atoms with van der Waals surface area (Å²) >= 11 is 5.71. The van der Waals surface area contributed by atoms with Gasteiger partial charge in [-0.3, -0.25) is 0 Å². The van der Waals surface area contributed by atoms with E-state index in [9.17, 15) is 0 Å². The number of allylic oxidation sites excluding steroid dienone is 4. The van der Waals surface area contributed by atoms with E-state index >= 15 is 0 Å². The van der Waals surface area contributed by atoms with Gasteiger partial charge in [-0.2, -0.15) is 5.26 Å². The molecule has 0 saturated carbocycles. The van der Waals surface area contributed by atoms with Crippen molar-refractivity contribution >= 4 is 17.2 Å². The molecular formula is C12H9ClN2. The van der Waals surface area contributed by atoms with Crippen molar-refractivity contribution in [2.45, 2.75) is 12.8 Å². The molecule has 2 rings (SSSR count). The van der Waals surface area contributed by atoms with Gasteiger partial charge in [0.15, 0.2) is 0 Å². The van der Waals surface area contributed by atoms with E-state index in [0.717, 1.165) is 29.6 Å². The Hall–Kier alpha value is -1.59. The normalized spacial score (nSPS) is 15.2. The molecule has 1 aromatic heterocycles. The Morgan fingerprint density at radius 2 is 2.27 bits per heavy atom. The topological polar surface area (TPSA) is 36.7 Å². The van der Waals surface area contributed by atoms with Crippen molar-refractivity contribution in [3.63, 3.8) is 0 Å². The summed E-state index contributed by atoms with van der Waals surface area (Å²) in [6.07, 6.45) is 7.50. The van der Waals surface area contributed by atoms with Crippen LogP contribution in [0, 0.1) is 11.3 Å². The van der Waals surface area contributed by atoms with Crippen LogP contribution in [0.5, 0.6) is 0 Å². The molecule has 15 heavy (non-hydrogen) atoms. The largest absolute Gasteiger partial charge is 0.244 e. The van der Waals surface area contributed by atoms with Gasteiger partial charge >= 0.3 is 0 Å². The summed E-state index contributed by atoms with van der Waals surface area (Å²) < 4.78 is 0. The van der Waals surface area contributed by atoms with E-state index < -0.39 is 0 Å². The second-order valence-corrected chi connectivity index (χ2v) is 3.70. The van der Waals surface area contributed by atoms with Crippen LogP contribution in [-0.2, 0) is 0 Å². The third-order valence-electron chi connectivity index (χ3n) is 2.34. The molecule has 0 bridgehead atoms. The number of hydrogen-bond donors (Lipinski definition) is 0. The molecule has 1 heterocycles. The van der Waals surface area contributed by atoms with Crippen LogP contribution in [0.4, 0.5) is 0 Å². The standard InChI is InChI=1S/C12H9ClN2/c13-12-6-5-10(8-15-12)11-4-2-1-3-9(11)7-14/h2,4-6,8H,1,3H2. The fraction of sp³-hybridized carbons (Fsp3) is 0.167. The second kappa shape index (κ2) is 4.29. The number of nitrogens with zero attached hydrogens (tertiary/aromatic N) is 2. The molecule has 0 N–H and O–H groups in total. The Morgan fingerprint density at radius 3 is 2.93 bits per heavy atom. The maximum atomic E-state index is 8.99. The maximum absolute atomic E-state index is 8.99. The summed E-state index contributed by atoms with van der Waals surface area (Å²) in [4.78, 5) is 4.01. The summed E-state index contributed by atoms with van der Waals surface area (Å²) in [6.45, 7) is 0. The van der Waals surface area contributed by atoms with Crippen molar-refractivity contribution in [2.24, 2.45) is 0 Å². The Morgan fingerprint density at radius 1 is 1.40 bits per heavy atom. The molecule has 1 aliphatic rings. The van der Waals surface area contributed by atoms with Gasteiger partial charge in [-0.05, 0) is 30.5 Å². The first-order valence-electron chi connectivity index (χ1n) is 4.73. The molecule has 0 amide bonds. The Labute approximate surface area is 93.5 Å². The number of pyridine rings is 1. The van der Waals surface area contributed by atoms with E-state index in [1.165, 1.54) is 0 Å². The molecule has 0 unspecified atom stereocenters. The van der Waals surface area contributed by atoms with Crippen molar-refractivity contribution in [3.05, 3.63) is 46.8 Å². The molecule has 0 atom stereocenters. The van der Waals surface area contributed by atoms with Crippen molar-refractivity contribution in [3.8, 4) is 6.07 Å². The molecule has 3 heteroatoms. The molecule has 0 spiro atoms. The van der Waals surface area contributed by atoms with Crippen molar-refractivity contribution < 1.29 is 0 Å². The quantitative estimate of drug-likeness (QED) is 0.675. The van der Waals surface area contributed by atoms with Crippen LogP contribution in [0.15, 0.2) is 36.1 Å². The highest BCUT2D eigenvalue weighted by atomic mass is 35.5. The lowest BCUT2D eigenvalue weighted by Crippen LogP contribution is -1.93. The van der Waals surface area contributed by atoms with E-state index in [1.807, 2.05) is 12.1 Å². The summed E-state index contributed by atoms with van der Waals surface area (Å²) in [7, 11) is 0.